The Morgan fingerprint density at radius 3 is 2.56 bits per heavy atom. The lowest BCUT2D eigenvalue weighted by Gasteiger charge is -2.18. The quantitative estimate of drug-likeness (QED) is 0.663. The van der Waals surface area contributed by atoms with Crippen molar-refractivity contribution in [3.8, 4) is 11.3 Å². The lowest BCUT2D eigenvalue weighted by molar-refractivity contribution is 0.153. The molecule has 0 aliphatic rings. The normalized spacial score (nSPS) is 12.7. The number of alkyl halides is 2. The SMILES string of the molecule is CCC(C)n1c(=S)[nH]c(=O)c2c(C(F)F)cc(-c3ccccc3)nc21. The van der Waals surface area contributed by atoms with Gasteiger partial charge in [-0.25, -0.2) is 13.8 Å². The van der Waals surface area contributed by atoms with Gasteiger partial charge in [0.05, 0.1) is 11.1 Å². The standard InChI is InChI=1S/C18H17F2N3OS/c1-3-10(2)23-16-14(17(24)22-18(23)25)12(15(19)20)9-13(21-16)11-7-5-4-6-8-11/h4-10,15H,3H2,1-2H3,(H,22,24,25). The number of aromatic amines is 1. The van der Waals surface area contributed by atoms with Crippen LogP contribution in [-0.2, 0) is 0 Å². The average Bonchev–Trinajstić information content (AvgIpc) is 2.61. The number of nitrogens with zero attached hydrogens (tertiary/aromatic N) is 2. The zero-order chi connectivity index (χ0) is 18.1. The molecule has 25 heavy (non-hydrogen) atoms. The summed E-state index contributed by atoms with van der Waals surface area (Å²) in [6.45, 7) is 3.87. The van der Waals surface area contributed by atoms with E-state index in [0.717, 1.165) is 6.42 Å². The number of benzene rings is 1. The highest BCUT2D eigenvalue weighted by Gasteiger charge is 2.21. The molecule has 130 valence electrons. The van der Waals surface area contributed by atoms with Crippen LogP contribution in [0.25, 0.3) is 22.3 Å². The molecular weight excluding hydrogens is 344 g/mol. The summed E-state index contributed by atoms with van der Waals surface area (Å²) < 4.78 is 29.2. The highest BCUT2D eigenvalue weighted by atomic mass is 32.1. The van der Waals surface area contributed by atoms with E-state index in [4.69, 9.17) is 12.2 Å². The number of hydrogen-bond acceptors (Lipinski definition) is 3. The van der Waals surface area contributed by atoms with Crippen molar-refractivity contribution in [2.75, 3.05) is 0 Å². The molecule has 0 amide bonds. The Labute approximate surface area is 148 Å². The lowest BCUT2D eigenvalue weighted by Crippen LogP contribution is -2.19. The fraction of sp³-hybridized carbons (Fsp3) is 0.278. The van der Waals surface area contributed by atoms with Crippen molar-refractivity contribution in [2.24, 2.45) is 0 Å². The first-order chi connectivity index (χ1) is 11.9. The van der Waals surface area contributed by atoms with Crippen LogP contribution in [0.1, 0.15) is 38.3 Å². The molecule has 4 nitrogen and oxygen atoms in total. The van der Waals surface area contributed by atoms with Crippen molar-refractivity contribution in [3.05, 3.63) is 57.1 Å². The first-order valence-electron chi connectivity index (χ1n) is 7.97. The summed E-state index contributed by atoms with van der Waals surface area (Å²) in [5.41, 5.74) is 0.313. The topological polar surface area (TPSA) is 50.7 Å². The third-order valence-corrected chi connectivity index (χ3v) is 4.56. The van der Waals surface area contributed by atoms with Crippen LogP contribution in [0.15, 0.2) is 41.2 Å². The monoisotopic (exact) mass is 361 g/mol. The minimum absolute atomic E-state index is 0.0871. The molecule has 2 heterocycles. The fourth-order valence-electron chi connectivity index (χ4n) is 2.79. The molecule has 1 N–H and O–H groups in total. The summed E-state index contributed by atoms with van der Waals surface area (Å²) in [6.07, 6.45) is -2.08. The number of rotatable bonds is 4. The maximum atomic E-state index is 13.7. The Balaban J connectivity index is 2.48. The predicted octanol–water partition coefficient (Wildman–Crippen LogP) is 5.03. The van der Waals surface area contributed by atoms with Crippen molar-refractivity contribution in [3.63, 3.8) is 0 Å². The Bertz CT molecular complexity index is 1030. The van der Waals surface area contributed by atoms with Crippen LogP contribution in [0, 0.1) is 4.77 Å². The van der Waals surface area contributed by atoms with Crippen molar-refractivity contribution in [1.82, 2.24) is 14.5 Å². The van der Waals surface area contributed by atoms with Crippen LogP contribution in [0.4, 0.5) is 8.78 Å². The number of halogens is 2. The summed E-state index contributed by atoms with van der Waals surface area (Å²) in [6, 6.07) is 10.2. The Morgan fingerprint density at radius 1 is 1.28 bits per heavy atom. The molecule has 0 fully saturated rings. The molecular formula is C18H17F2N3OS. The van der Waals surface area contributed by atoms with Gasteiger partial charge in [0.2, 0.25) is 0 Å². The van der Waals surface area contributed by atoms with E-state index in [1.54, 1.807) is 16.7 Å². The predicted molar refractivity (Wildman–Crippen MR) is 96.6 cm³/mol. The van der Waals surface area contributed by atoms with E-state index >= 15 is 0 Å². The van der Waals surface area contributed by atoms with Gasteiger partial charge < -0.3 is 0 Å². The third-order valence-electron chi connectivity index (χ3n) is 4.26. The van der Waals surface area contributed by atoms with Crippen molar-refractivity contribution in [2.45, 2.75) is 32.7 Å². The van der Waals surface area contributed by atoms with Crippen LogP contribution in [-0.4, -0.2) is 14.5 Å². The van der Waals surface area contributed by atoms with Crippen molar-refractivity contribution in [1.29, 1.82) is 0 Å². The van der Waals surface area contributed by atoms with Crippen LogP contribution in [0.5, 0.6) is 0 Å². The van der Waals surface area contributed by atoms with E-state index in [0.29, 0.717) is 11.3 Å². The highest BCUT2D eigenvalue weighted by molar-refractivity contribution is 7.71. The summed E-state index contributed by atoms with van der Waals surface area (Å²) in [5, 5.41) is -0.108. The molecule has 7 heteroatoms. The molecule has 3 aromatic rings. The molecule has 1 aromatic carbocycles. The highest BCUT2D eigenvalue weighted by Crippen LogP contribution is 2.30. The number of H-pyrrole nitrogens is 1. The molecule has 0 saturated heterocycles. The summed E-state index contributed by atoms with van der Waals surface area (Å²) in [5.74, 6) is 0. The average molecular weight is 361 g/mol. The number of hydrogen-bond donors (Lipinski definition) is 1. The van der Waals surface area contributed by atoms with Gasteiger partial charge in [-0.05, 0) is 31.6 Å². The van der Waals surface area contributed by atoms with Crippen LogP contribution in [0.2, 0.25) is 0 Å². The summed E-state index contributed by atoms with van der Waals surface area (Å²) >= 11 is 5.26. The van der Waals surface area contributed by atoms with Crippen LogP contribution >= 0.6 is 12.2 Å². The first-order valence-corrected chi connectivity index (χ1v) is 8.37. The maximum Gasteiger partial charge on any atom is 0.264 e. The van der Waals surface area contributed by atoms with Gasteiger partial charge in [0, 0.05) is 17.2 Å². The Kier molecular flexibility index (Phi) is 4.76. The molecule has 0 spiro atoms. The molecule has 2 aromatic heterocycles. The Morgan fingerprint density at radius 2 is 1.96 bits per heavy atom. The number of aromatic nitrogens is 3. The largest absolute Gasteiger partial charge is 0.300 e. The molecule has 0 aliphatic heterocycles. The molecule has 3 rings (SSSR count). The zero-order valence-electron chi connectivity index (χ0n) is 13.8. The van der Waals surface area contributed by atoms with Gasteiger partial charge >= 0.3 is 0 Å². The molecule has 1 unspecified atom stereocenters. The molecule has 1 atom stereocenters. The second-order valence-electron chi connectivity index (χ2n) is 5.85. The smallest absolute Gasteiger partial charge is 0.264 e. The van der Waals surface area contributed by atoms with E-state index < -0.39 is 12.0 Å². The van der Waals surface area contributed by atoms with E-state index in [1.807, 2.05) is 32.0 Å². The third kappa shape index (κ3) is 3.11. The van der Waals surface area contributed by atoms with Gasteiger partial charge in [-0.2, -0.15) is 0 Å². The van der Waals surface area contributed by atoms with Crippen molar-refractivity contribution < 1.29 is 8.78 Å². The minimum atomic E-state index is -2.80. The molecule has 0 saturated carbocycles. The van der Waals surface area contributed by atoms with E-state index in [1.165, 1.54) is 6.07 Å². The van der Waals surface area contributed by atoms with Gasteiger partial charge in [0.1, 0.15) is 5.65 Å². The van der Waals surface area contributed by atoms with Gasteiger partial charge in [-0.3, -0.25) is 14.3 Å². The van der Waals surface area contributed by atoms with Crippen LogP contribution in [0.3, 0.4) is 0 Å². The molecule has 0 bridgehead atoms. The molecule has 0 aliphatic carbocycles. The van der Waals surface area contributed by atoms with Crippen molar-refractivity contribution >= 4 is 23.3 Å². The number of pyridine rings is 1. The number of nitrogens with one attached hydrogen (secondary N) is 1. The van der Waals surface area contributed by atoms with Gasteiger partial charge in [-0.15, -0.1) is 0 Å². The van der Waals surface area contributed by atoms with Crippen LogP contribution < -0.4 is 5.56 Å². The van der Waals surface area contributed by atoms with Gasteiger partial charge in [0.15, 0.2) is 4.77 Å². The van der Waals surface area contributed by atoms with E-state index in [2.05, 4.69) is 9.97 Å². The summed E-state index contributed by atoms with van der Waals surface area (Å²) in [4.78, 5) is 19.3. The number of fused-ring (bicyclic) bond motifs is 1. The van der Waals surface area contributed by atoms with Gasteiger partial charge in [0.25, 0.3) is 12.0 Å². The zero-order valence-corrected chi connectivity index (χ0v) is 14.6. The summed E-state index contributed by atoms with van der Waals surface area (Å²) in [7, 11) is 0. The second kappa shape index (κ2) is 6.84. The molecule has 0 radical (unpaired) electrons. The lowest BCUT2D eigenvalue weighted by atomic mass is 10.1. The minimum Gasteiger partial charge on any atom is -0.300 e. The Hall–Kier alpha value is -2.41. The van der Waals surface area contributed by atoms with E-state index in [-0.39, 0.29) is 27.4 Å². The fourth-order valence-corrected chi connectivity index (χ4v) is 3.15. The van der Waals surface area contributed by atoms with E-state index in [9.17, 15) is 13.6 Å². The maximum absolute atomic E-state index is 13.7. The van der Waals surface area contributed by atoms with Gasteiger partial charge in [-0.1, -0.05) is 37.3 Å². The first kappa shape index (κ1) is 17.4. The second-order valence-corrected chi connectivity index (χ2v) is 6.24.